The van der Waals surface area contributed by atoms with Gasteiger partial charge in [0.2, 0.25) is 0 Å². The molecule has 228 valence electrons. The maximum Gasteiger partial charge on any atom is 0.453 e. The number of hydrogen-bond acceptors (Lipinski definition) is 4. The third kappa shape index (κ3) is 9.00. The van der Waals surface area contributed by atoms with Crippen molar-refractivity contribution in [3.05, 3.63) is 53.6 Å². The number of halogens is 5. The molecule has 4 nitrogen and oxygen atoms in total. The summed E-state index contributed by atoms with van der Waals surface area (Å²) in [5, 5.41) is 29.4. The molecule has 2 aromatic carbocycles. The Balaban J connectivity index is 1.43. The van der Waals surface area contributed by atoms with Crippen molar-refractivity contribution in [2.75, 3.05) is 0 Å². The summed E-state index contributed by atoms with van der Waals surface area (Å²) in [5.41, 5.74) is 2.19. The van der Waals surface area contributed by atoms with Crippen molar-refractivity contribution in [3.63, 3.8) is 0 Å². The Morgan fingerprint density at radius 3 is 2.12 bits per heavy atom. The molecular weight excluding hydrogens is 563 g/mol. The van der Waals surface area contributed by atoms with Gasteiger partial charge in [-0.15, -0.1) is 11.8 Å². The van der Waals surface area contributed by atoms with Crippen LogP contribution in [-0.4, -0.2) is 38.6 Å². The largest absolute Gasteiger partial charge is 0.508 e. The Morgan fingerprint density at radius 2 is 1.49 bits per heavy atom. The lowest BCUT2D eigenvalue weighted by molar-refractivity contribution is -0.284. The van der Waals surface area contributed by atoms with E-state index in [2.05, 4.69) is 6.92 Å². The van der Waals surface area contributed by atoms with Gasteiger partial charge in [-0.3, -0.25) is 4.79 Å². The fourth-order valence-electron chi connectivity index (χ4n) is 5.63. The number of carbonyl (C=O) groups is 1. The highest BCUT2D eigenvalue weighted by Gasteiger charge is 2.56. The van der Waals surface area contributed by atoms with Crippen molar-refractivity contribution in [2.45, 2.75) is 112 Å². The number of unbranched alkanes of at least 4 members (excludes halogenated alkanes) is 5. The predicted octanol–water partition coefficient (Wildman–Crippen LogP) is 9.26. The van der Waals surface area contributed by atoms with Crippen LogP contribution in [0.25, 0.3) is 0 Å². The van der Waals surface area contributed by atoms with Crippen molar-refractivity contribution in [1.82, 2.24) is 0 Å². The van der Waals surface area contributed by atoms with Crippen molar-refractivity contribution in [2.24, 2.45) is 5.92 Å². The number of thioether (sulfide) groups is 1. The number of phenols is 2. The zero-order valence-electron chi connectivity index (χ0n) is 23.2. The van der Waals surface area contributed by atoms with Gasteiger partial charge in [-0.2, -0.15) is 22.0 Å². The summed E-state index contributed by atoms with van der Waals surface area (Å²) in [6.07, 6.45) is -0.443. The zero-order valence-corrected chi connectivity index (χ0v) is 24.0. The first kappa shape index (κ1) is 33.0. The maximum atomic E-state index is 13.1. The summed E-state index contributed by atoms with van der Waals surface area (Å²) in [4.78, 5) is 12.5. The molecule has 10 heteroatoms. The predicted molar refractivity (Wildman–Crippen MR) is 150 cm³/mol. The minimum atomic E-state index is -5.61. The van der Waals surface area contributed by atoms with E-state index in [0.717, 1.165) is 55.4 Å². The molecule has 0 saturated heterocycles. The topological polar surface area (TPSA) is 77.8 Å². The van der Waals surface area contributed by atoms with Crippen LogP contribution in [0.3, 0.4) is 0 Å². The first-order valence-electron chi connectivity index (χ1n) is 14.2. The molecule has 0 spiro atoms. The first-order chi connectivity index (χ1) is 19.2. The smallest absolute Gasteiger partial charge is 0.453 e. The van der Waals surface area contributed by atoms with E-state index >= 15 is 0 Å². The van der Waals surface area contributed by atoms with Gasteiger partial charge >= 0.3 is 18.1 Å². The molecule has 0 bridgehead atoms. The molecule has 0 aromatic heterocycles. The van der Waals surface area contributed by atoms with Gasteiger partial charge in [0.25, 0.3) is 0 Å². The lowest BCUT2D eigenvalue weighted by atomic mass is 9.72. The fourth-order valence-corrected chi connectivity index (χ4v) is 7.18. The number of aliphatic carboxylic acids is 1. The number of hydrogen-bond donors (Lipinski definition) is 3. The Bertz CT molecular complexity index is 1140. The molecule has 0 amide bonds. The van der Waals surface area contributed by atoms with Crippen LogP contribution in [0.5, 0.6) is 11.5 Å². The van der Waals surface area contributed by atoms with Crippen molar-refractivity contribution < 1.29 is 42.1 Å². The minimum Gasteiger partial charge on any atom is -0.508 e. The van der Waals surface area contributed by atoms with Crippen LogP contribution in [0.15, 0.2) is 47.4 Å². The number of aromatic hydroxyl groups is 2. The van der Waals surface area contributed by atoms with Crippen LogP contribution in [0, 0.1) is 5.92 Å². The number of benzene rings is 2. The number of carboxylic acid groups (broad SMARTS) is 1. The number of carboxylic acids is 1. The van der Waals surface area contributed by atoms with Gasteiger partial charge in [0.05, 0.1) is 5.92 Å². The SMILES string of the molecule is CC1(c2ccc(O)cc2)Cc2ccc(O)cc2SC1CCCCCCCCC(CCCC(F)(F)C(F)(F)F)C(=O)O. The molecule has 1 heterocycles. The van der Waals surface area contributed by atoms with Crippen LogP contribution in [-0.2, 0) is 16.6 Å². The number of alkyl halides is 5. The van der Waals surface area contributed by atoms with Gasteiger partial charge in [0, 0.05) is 22.0 Å². The molecule has 3 N–H and O–H groups in total. The van der Waals surface area contributed by atoms with E-state index in [0.29, 0.717) is 6.42 Å². The Kier molecular flexibility index (Phi) is 11.4. The van der Waals surface area contributed by atoms with E-state index in [9.17, 15) is 42.1 Å². The highest BCUT2D eigenvalue weighted by molar-refractivity contribution is 8.00. The number of phenolic OH excluding ortho intramolecular Hbond substituents is 2. The van der Waals surface area contributed by atoms with Gasteiger partial charge in [0.15, 0.2) is 0 Å². The molecule has 1 aliphatic rings. The van der Waals surface area contributed by atoms with Gasteiger partial charge in [-0.25, -0.2) is 0 Å². The molecule has 0 saturated carbocycles. The third-order valence-electron chi connectivity index (χ3n) is 8.19. The molecule has 3 rings (SSSR count). The summed E-state index contributed by atoms with van der Waals surface area (Å²) < 4.78 is 63.1. The Morgan fingerprint density at radius 1 is 0.902 bits per heavy atom. The van der Waals surface area contributed by atoms with E-state index in [4.69, 9.17) is 0 Å². The van der Waals surface area contributed by atoms with Gasteiger partial charge in [-0.05, 0) is 67.5 Å². The quantitative estimate of drug-likeness (QED) is 0.140. The summed E-state index contributed by atoms with van der Waals surface area (Å²) in [6.45, 7) is 2.25. The molecule has 2 aromatic rings. The van der Waals surface area contributed by atoms with Crippen molar-refractivity contribution >= 4 is 17.7 Å². The van der Waals surface area contributed by atoms with Gasteiger partial charge in [0.1, 0.15) is 11.5 Å². The molecule has 3 atom stereocenters. The molecule has 0 aliphatic carbocycles. The second-order valence-corrected chi connectivity index (χ2v) is 12.6. The lowest BCUT2D eigenvalue weighted by Gasteiger charge is -2.42. The fraction of sp³-hybridized carbons (Fsp3) is 0.581. The number of rotatable bonds is 15. The molecule has 0 radical (unpaired) electrons. The normalized spacial score (nSPS) is 20.0. The highest BCUT2D eigenvalue weighted by atomic mass is 32.2. The van der Waals surface area contributed by atoms with Crippen molar-refractivity contribution in [1.29, 1.82) is 0 Å². The number of fused-ring (bicyclic) bond motifs is 1. The molecular formula is C31H39F5O4S. The average Bonchev–Trinajstić information content (AvgIpc) is 2.89. The van der Waals surface area contributed by atoms with Gasteiger partial charge < -0.3 is 15.3 Å². The maximum absolute atomic E-state index is 13.1. The van der Waals surface area contributed by atoms with E-state index in [1.165, 1.54) is 5.56 Å². The molecule has 3 unspecified atom stereocenters. The van der Waals surface area contributed by atoms with Crippen LogP contribution in [0.1, 0.15) is 88.7 Å². The molecule has 41 heavy (non-hydrogen) atoms. The standard InChI is InChI=1S/C31H39F5O4S/c1-29(23-13-16-24(37)17-14-23)20-22-12-15-25(38)19-26(22)41-27(29)11-7-5-3-2-4-6-9-21(28(39)40)10-8-18-30(32,33)31(34,35)36/h12-17,19,21,27,37-38H,2-11,18,20H2,1H3,(H,39,40). The average molecular weight is 603 g/mol. The summed E-state index contributed by atoms with van der Waals surface area (Å²) in [5.74, 6) is -6.40. The van der Waals surface area contributed by atoms with Crippen molar-refractivity contribution in [3.8, 4) is 11.5 Å². The molecule has 0 fully saturated rings. The first-order valence-corrected chi connectivity index (χ1v) is 15.1. The van der Waals surface area contributed by atoms with Gasteiger partial charge in [-0.1, -0.05) is 63.6 Å². The van der Waals surface area contributed by atoms with Crippen LogP contribution in [0.4, 0.5) is 22.0 Å². The Hall–Kier alpha value is -2.49. The van der Waals surface area contributed by atoms with E-state index in [1.807, 2.05) is 24.3 Å². The zero-order chi connectivity index (χ0) is 30.3. The third-order valence-corrected chi connectivity index (χ3v) is 9.87. The summed E-state index contributed by atoms with van der Waals surface area (Å²) >= 11 is 1.78. The van der Waals surface area contributed by atoms with Crippen LogP contribution in [0.2, 0.25) is 0 Å². The summed E-state index contributed by atoms with van der Waals surface area (Å²) in [7, 11) is 0. The van der Waals surface area contributed by atoms with E-state index in [1.54, 1.807) is 30.0 Å². The second-order valence-electron chi connectivity index (χ2n) is 11.4. The monoisotopic (exact) mass is 602 g/mol. The lowest BCUT2D eigenvalue weighted by Crippen LogP contribution is -2.39. The van der Waals surface area contributed by atoms with Crippen LogP contribution < -0.4 is 0 Å². The summed E-state index contributed by atoms with van der Waals surface area (Å²) in [6, 6.07) is 12.9. The van der Waals surface area contributed by atoms with Crippen LogP contribution >= 0.6 is 11.8 Å². The van der Waals surface area contributed by atoms with E-state index < -0.39 is 36.8 Å². The Labute approximate surface area is 242 Å². The minimum absolute atomic E-state index is 0.155. The molecule has 1 aliphatic heterocycles. The van der Waals surface area contributed by atoms with E-state index in [-0.39, 0.29) is 35.0 Å². The highest BCUT2D eigenvalue weighted by Crippen LogP contribution is 2.50. The second kappa shape index (κ2) is 14.1.